The average Bonchev–Trinajstić information content (AvgIpc) is 3.18. The van der Waals surface area contributed by atoms with Gasteiger partial charge in [0.1, 0.15) is 5.60 Å². The van der Waals surface area contributed by atoms with Crippen molar-refractivity contribution in [2.24, 2.45) is 17.3 Å². The lowest BCUT2D eigenvalue weighted by Crippen LogP contribution is -2.51. The molecular formula is C33H39NO3. The molecular weight excluding hydrogens is 458 g/mol. The van der Waals surface area contributed by atoms with Crippen LogP contribution in [0.25, 0.3) is 0 Å². The molecule has 4 heteroatoms. The van der Waals surface area contributed by atoms with Gasteiger partial charge in [-0.15, -0.1) is 5.92 Å². The van der Waals surface area contributed by atoms with Gasteiger partial charge >= 0.3 is 0 Å². The molecule has 1 aromatic carbocycles. The first-order chi connectivity index (χ1) is 17.8. The average molecular weight is 498 g/mol. The van der Waals surface area contributed by atoms with Crippen molar-refractivity contribution in [3.8, 4) is 11.8 Å². The quantitative estimate of drug-likeness (QED) is 0.513. The van der Waals surface area contributed by atoms with Crippen LogP contribution in [0, 0.1) is 29.1 Å². The molecule has 0 bridgehead atoms. The second-order valence-electron chi connectivity index (χ2n) is 12.2. The zero-order chi connectivity index (χ0) is 25.8. The summed E-state index contributed by atoms with van der Waals surface area (Å²) < 4.78 is 0. The fraction of sp³-hybridized carbons (Fsp3) is 0.576. The smallest absolute Gasteiger partial charge is 0.253 e. The predicted molar refractivity (Wildman–Crippen MR) is 145 cm³/mol. The van der Waals surface area contributed by atoms with E-state index in [-0.39, 0.29) is 23.0 Å². The summed E-state index contributed by atoms with van der Waals surface area (Å²) in [6.45, 7) is 5.81. The van der Waals surface area contributed by atoms with Crippen LogP contribution >= 0.6 is 0 Å². The summed E-state index contributed by atoms with van der Waals surface area (Å²) >= 11 is 0. The van der Waals surface area contributed by atoms with E-state index in [1.165, 1.54) is 28.7 Å². The number of ketones is 1. The highest BCUT2D eigenvalue weighted by Crippen LogP contribution is 2.66. The third kappa shape index (κ3) is 3.93. The lowest BCUT2D eigenvalue weighted by Gasteiger charge is -2.53. The van der Waals surface area contributed by atoms with Crippen LogP contribution in [-0.2, 0) is 4.79 Å². The minimum absolute atomic E-state index is 0.138. The zero-order valence-corrected chi connectivity index (χ0v) is 22.3. The number of rotatable bonds is 2. The van der Waals surface area contributed by atoms with Crippen LogP contribution in [-0.4, -0.2) is 40.4 Å². The van der Waals surface area contributed by atoms with Crippen molar-refractivity contribution in [2.45, 2.75) is 89.6 Å². The van der Waals surface area contributed by atoms with E-state index in [1.54, 1.807) is 0 Å². The maximum Gasteiger partial charge on any atom is 0.253 e. The van der Waals surface area contributed by atoms with Crippen molar-refractivity contribution in [1.82, 2.24) is 4.90 Å². The summed E-state index contributed by atoms with van der Waals surface area (Å²) in [6, 6.07) is 8.33. The number of nitrogens with zero attached hydrogens (tertiary/aromatic N) is 1. The number of likely N-dealkylation sites (tertiary alicyclic amines) is 1. The highest BCUT2D eigenvalue weighted by molar-refractivity contribution is 5.94. The van der Waals surface area contributed by atoms with Crippen LogP contribution in [0.2, 0.25) is 0 Å². The van der Waals surface area contributed by atoms with Crippen LogP contribution in [0.3, 0.4) is 0 Å². The second-order valence-corrected chi connectivity index (χ2v) is 12.2. The third-order valence-electron chi connectivity index (χ3n) is 10.4. The molecule has 1 N–H and O–H groups in total. The lowest BCUT2D eigenvalue weighted by atomic mass is 9.51. The van der Waals surface area contributed by atoms with E-state index in [2.05, 4.69) is 30.9 Å². The van der Waals surface area contributed by atoms with Crippen LogP contribution in [0.5, 0.6) is 0 Å². The molecule has 1 heterocycles. The maximum absolute atomic E-state index is 13.1. The van der Waals surface area contributed by atoms with Gasteiger partial charge in [0.25, 0.3) is 5.91 Å². The largest absolute Gasteiger partial charge is 0.377 e. The van der Waals surface area contributed by atoms with Gasteiger partial charge in [0.05, 0.1) is 0 Å². The molecule has 37 heavy (non-hydrogen) atoms. The lowest BCUT2D eigenvalue weighted by molar-refractivity contribution is -0.114. The second kappa shape index (κ2) is 9.28. The van der Waals surface area contributed by atoms with Gasteiger partial charge in [-0.05, 0) is 111 Å². The van der Waals surface area contributed by atoms with Gasteiger partial charge in [0.2, 0.25) is 0 Å². The Labute approximate surface area is 221 Å². The van der Waals surface area contributed by atoms with Crippen molar-refractivity contribution < 1.29 is 14.7 Å². The molecule has 3 fully saturated rings. The Hall–Kier alpha value is -2.64. The van der Waals surface area contributed by atoms with E-state index >= 15 is 0 Å². The molecule has 1 aliphatic heterocycles. The monoisotopic (exact) mass is 497 g/mol. The van der Waals surface area contributed by atoms with E-state index in [9.17, 15) is 14.7 Å². The first-order valence-electron chi connectivity index (χ1n) is 14.4. The minimum atomic E-state index is -0.969. The first kappa shape index (κ1) is 24.7. The van der Waals surface area contributed by atoms with E-state index < -0.39 is 5.60 Å². The first-order valence-corrected chi connectivity index (χ1v) is 14.4. The molecule has 1 amide bonds. The topological polar surface area (TPSA) is 57.6 Å². The summed E-state index contributed by atoms with van der Waals surface area (Å²) in [6.07, 6.45) is 11.3. The number of hydrogen-bond donors (Lipinski definition) is 1. The van der Waals surface area contributed by atoms with Crippen molar-refractivity contribution in [2.75, 3.05) is 13.1 Å². The Morgan fingerprint density at radius 2 is 1.81 bits per heavy atom. The Morgan fingerprint density at radius 1 is 1.05 bits per heavy atom. The molecule has 5 atom stereocenters. The van der Waals surface area contributed by atoms with Crippen molar-refractivity contribution >= 4 is 11.7 Å². The maximum atomic E-state index is 13.1. The SMILES string of the molecule is CC#C[C@]1(O)CC[C@H]2[C@@H]3CCC4=CC(=O)CCC4=C3[C@@H](c3ccc(C(=O)N4CCCCC4)cc3)C[C@@]21C. The van der Waals surface area contributed by atoms with Crippen molar-refractivity contribution in [3.05, 3.63) is 58.2 Å². The van der Waals surface area contributed by atoms with Crippen LogP contribution in [0.15, 0.2) is 47.1 Å². The highest BCUT2D eigenvalue weighted by Gasteiger charge is 2.62. The minimum Gasteiger partial charge on any atom is -0.377 e. The fourth-order valence-corrected chi connectivity index (χ4v) is 8.51. The molecule has 5 aliphatic rings. The molecule has 0 aromatic heterocycles. The number of aliphatic hydroxyl groups is 1. The zero-order valence-electron chi connectivity index (χ0n) is 22.3. The molecule has 194 valence electrons. The fourth-order valence-electron chi connectivity index (χ4n) is 8.51. The standard InChI is InChI=1S/C33H39NO3/c1-3-16-33(37)17-15-29-27-13-11-24-20-25(35)12-14-26(24)30(27)28(21-32(29,33)2)22-7-9-23(10-8-22)31(36)34-18-5-4-6-19-34/h7-10,20,27-29,37H,4-6,11-15,17-19,21H2,1-2H3/t27-,28+,29-,32-,33-/m0/s1. The van der Waals surface area contributed by atoms with E-state index in [0.29, 0.717) is 18.3 Å². The summed E-state index contributed by atoms with van der Waals surface area (Å²) in [7, 11) is 0. The summed E-state index contributed by atoms with van der Waals surface area (Å²) in [5.41, 5.74) is 4.90. The normalized spacial score (nSPS) is 35.1. The molecule has 4 nitrogen and oxygen atoms in total. The number of amides is 1. The van der Waals surface area contributed by atoms with E-state index in [1.807, 2.05) is 30.0 Å². The highest BCUT2D eigenvalue weighted by atomic mass is 16.3. The number of carbonyl (C=O) groups excluding carboxylic acids is 2. The van der Waals surface area contributed by atoms with Gasteiger partial charge in [-0.2, -0.15) is 0 Å². The van der Waals surface area contributed by atoms with Crippen LogP contribution in [0.4, 0.5) is 0 Å². The third-order valence-corrected chi connectivity index (χ3v) is 10.4. The Kier molecular flexibility index (Phi) is 6.19. The van der Waals surface area contributed by atoms with Gasteiger partial charge in [-0.1, -0.05) is 30.6 Å². The Balaban J connectivity index is 1.41. The molecule has 2 saturated carbocycles. The Morgan fingerprint density at radius 3 is 2.54 bits per heavy atom. The number of fused-ring (bicyclic) bond motifs is 4. The van der Waals surface area contributed by atoms with Crippen molar-refractivity contribution in [3.63, 3.8) is 0 Å². The molecule has 1 aromatic rings. The van der Waals surface area contributed by atoms with E-state index in [4.69, 9.17) is 0 Å². The summed E-state index contributed by atoms with van der Waals surface area (Å²) in [5, 5.41) is 11.8. The Bertz CT molecular complexity index is 1240. The summed E-state index contributed by atoms with van der Waals surface area (Å²) in [5.74, 6) is 7.64. The number of hydrogen-bond acceptors (Lipinski definition) is 3. The predicted octanol–water partition coefficient (Wildman–Crippen LogP) is 5.97. The van der Waals surface area contributed by atoms with Crippen molar-refractivity contribution in [1.29, 1.82) is 0 Å². The number of carbonyl (C=O) groups is 2. The van der Waals surface area contributed by atoms with Gasteiger partial charge in [-0.3, -0.25) is 9.59 Å². The number of benzene rings is 1. The van der Waals surface area contributed by atoms with Gasteiger partial charge in [-0.25, -0.2) is 0 Å². The van der Waals surface area contributed by atoms with E-state index in [0.717, 1.165) is 70.0 Å². The number of allylic oxidation sites excluding steroid dienone is 4. The molecule has 0 spiro atoms. The molecule has 0 unspecified atom stereocenters. The molecule has 4 aliphatic carbocycles. The molecule has 6 rings (SSSR count). The molecule has 0 radical (unpaired) electrons. The van der Waals surface area contributed by atoms with Gasteiger partial charge in [0, 0.05) is 36.4 Å². The molecule has 1 saturated heterocycles. The summed E-state index contributed by atoms with van der Waals surface area (Å²) in [4.78, 5) is 27.4. The van der Waals surface area contributed by atoms with Gasteiger partial charge in [0.15, 0.2) is 5.78 Å². The van der Waals surface area contributed by atoms with Gasteiger partial charge < -0.3 is 10.0 Å². The number of piperidine rings is 1. The van der Waals surface area contributed by atoms with Crippen LogP contribution in [0.1, 0.15) is 99.9 Å². The van der Waals surface area contributed by atoms with Crippen LogP contribution < -0.4 is 0 Å².